The zero-order chi connectivity index (χ0) is 15.6. The fourth-order valence-electron chi connectivity index (χ4n) is 3.81. The Hall–Kier alpha value is -2.03. The van der Waals surface area contributed by atoms with Gasteiger partial charge in [-0.25, -0.2) is 4.39 Å². The van der Waals surface area contributed by atoms with Gasteiger partial charge in [0.05, 0.1) is 12.3 Å². The monoisotopic (exact) mass is 311 g/mol. The molecule has 0 aromatic heterocycles. The molecule has 0 atom stereocenters. The van der Waals surface area contributed by atoms with E-state index in [9.17, 15) is 4.39 Å². The molecule has 0 N–H and O–H groups in total. The van der Waals surface area contributed by atoms with Gasteiger partial charge in [-0.3, -0.25) is 0 Å². The molecule has 0 spiro atoms. The van der Waals surface area contributed by atoms with Gasteiger partial charge < -0.3 is 9.64 Å². The molecule has 0 bridgehead atoms. The molecule has 0 radical (unpaired) electrons. The highest BCUT2D eigenvalue weighted by Gasteiger charge is 2.25. The van der Waals surface area contributed by atoms with Gasteiger partial charge in [0.2, 0.25) is 0 Å². The first-order chi connectivity index (χ1) is 11.3. The molecular formula is C20H22FNO. The first-order valence-electron chi connectivity index (χ1n) is 8.54. The minimum atomic E-state index is -0.143. The van der Waals surface area contributed by atoms with Crippen LogP contribution < -0.4 is 9.64 Å². The van der Waals surface area contributed by atoms with E-state index in [1.165, 1.54) is 5.56 Å². The quantitative estimate of drug-likeness (QED) is 0.841. The third-order valence-electron chi connectivity index (χ3n) is 5.05. The number of nitrogens with zero attached hydrogens (tertiary/aromatic N) is 1. The van der Waals surface area contributed by atoms with Crippen molar-refractivity contribution in [1.82, 2.24) is 0 Å². The molecule has 2 nitrogen and oxygen atoms in total. The predicted octanol–water partition coefficient (Wildman–Crippen LogP) is 4.22. The van der Waals surface area contributed by atoms with Crippen molar-refractivity contribution in [3.05, 3.63) is 59.4 Å². The summed E-state index contributed by atoms with van der Waals surface area (Å²) in [4.78, 5) is 2.30. The van der Waals surface area contributed by atoms with Crippen molar-refractivity contribution in [2.75, 3.05) is 24.6 Å². The topological polar surface area (TPSA) is 12.5 Å². The summed E-state index contributed by atoms with van der Waals surface area (Å²) in [6.45, 7) is 2.64. The highest BCUT2D eigenvalue weighted by molar-refractivity contribution is 5.63. The van der Waals surface area contributed by atoms with Crippen molar-refractivity contribution in [1.29, 1.82) is 0 Å². The third-order valence-corrected chi connectivity index (χ3v) is 5.05. The highest BCUT2D eigenvalue weighted by atomic mass is 19.1. The van der Waals surface area contributed by atoms with Gasteiger partial charge in [-0.15, -0.1) is 0 Å². The first-order valence-corrected chi connectivity index (χ1v) is 8.54. The molecule has 120 valence electrons. The van der Waals surface area contributed by atoms with Gasteiger partial charge >= 0.3 is 0 Å². The van der Waals surface area contributed by atoms with Crippen molar-refractivity contribution >= 4 is 5.69 Å². The maximum absolute atomic E-state index is 13.9. The summed E-state index contributed by atoms with van der Waals surface area (Å²) in [5, 5.41) is 0. The van der Waals surface area contributed by atoms with E-state index in [1.807, 2.05) is 0 Å². The lowest BCUT2D eigenvalue weighted by atomic mass is 9.90. The van der Waals surface area contributed by atoms with Gasteiger partial charge in [-0.05, 0) is 36.8 Å². The van der Waals surface area contributed by atoms with Crippen LogP contribution in [0.15, 0.2) is 42.5 Å². The lowest BCUT2D eigenvalue weighted by Gasteiger charge is -2.34. The van der Waals surface area contributed by atoms with Crippen molar-refractivity contribution in [3.8, 4) is 5.75 Å². The minimum absolute atomic E-state index is 0.143. The standard InChI is InChI=1S/C20H22FNO/c21-18-13-17-8-11-23-20(17)19(14-18)22-9-6-16(7-10-22)12-15-4-2-1-3-5-15/h1-5,13-14,16H,6-12H2. The van der Waals surface area contributed by atoms with Crippen LogP contribution in [0.4, 0.5) is 10.1 Å². The van der Waals surface area contributed by atoms with Crippen LogP contribution in [-0.2, 0) is 12.8 Å². The van der Waals surface area contributed by atoms with Crippen LogP contribution in [0.2, 0.25) is 0 Å². The molecule has 0 amide bonds. The second-order valence-electron chi connectivity index (χ2n) is 6.63. The number of halogens is 1. The molecule has 0 aliphatic carbocycles. The van der Waals surface area contributed by atoms with Crippen LogP contribution in [0.3, 0.4) is 0 Å². The summed E-state index contributed by atoms with van der Waals surface area (Å²) in [6.07, 6.45) is 4.28. The summed E-state index contributed by atoms with van der Waals surface area (Å²) >= 11 is 0. The van der Waals surface area contributed by atoms with Crippen LogP contribution in [0.25, 0.3) is 0 Å². The van der Waals surface area contributed by atoms with Gasteiger partial charge in [0.25, 0.3) is 0 Å². The van der Waals surface area contributed by atoms with Crippen LogP contribution in [-0.4, -0.2) is 19.7 Å². The number of fused-ring (bicyclic) bond motifs is 1. The Labute approximate surface area is 136 Å². The lowest BCUT2D eigenvalue weighted by molar-refractivity contribution is 0.352. The molecule has 2 aliphatic heterocycles. The number of anilines is 1. The van der Waals surface area contributed by atoms with E-state index in [0.29, 0.717) is 6.61 Å². The molecule has 4 rings (SSSR count). The number of ether oxygens (including phenoxy) is 1. The summed E-state index contributed by atoms with van der Waals surface area (Å²) in [7, 11) is 0. The van der Waals surface area contributed by atoms with E-state index in [2.05, 4.69) is 35.2 Å². The Bertz CT molecular complexity index is 678. The molecule has 3 heteroatoms. The smallest absolute Gasteiger partial charge is 0.146 e. The van der Waals surface area contributed by atoms with Gasteiger partial charge in [-0.2, -0.15) is 0 Å². The highest BCUT2D eigenvalue weighted by Crippen LogP contribution is 2.39. The zero-order valence-corrected chi connectivity index (χ0v) is 13.3. The van der Waals surface area contributed by atoms with Crippen molar-refractivity contribution in [3.63, 3.8) is 0 Å². The average Bonchev–Trinajstić information content (AvgIpc) is 3.04. The second kappa shape index (κ2) is 6.23. The van der Waals surface area contributed by atoms with E-state index in [1.54, 1.807) is 12.1 Å². The number of rotatable bonds is 3. The molecular weight excluding hydrogens is 289 g/mol. The summed E-state index contributed by atoms with van der Waals surface area (Å²) in [5.41, 5.74) is 3.39. The molecule has 2 aromatic rings. The largest absolute Gasteiger partial charge is 0.491 e. The number of piperidine rings is 1. The summed E-state index contributed by atoms with van der Waals surface area (Å²) in [5.74, 6) is 1.49. The summed E-state index contributed by atoms with van der Waals surface area (Å²) in [6, 6.07) is 14.0. The maximum atomic E-state index is 13.9. The lowest BCUT2D eigenvalue weighted by Crippen LogP contribution is -2.34. The Morgan fingerprint density at radius 2 is 1.87 bits per heavy atom. The van der Waals surface area contributed by atoms with Crippen molar-refractivity contribution in [2.24, 2.45) is 5.92 Å². The molecule has 23 heavy (non-hydrogen) atoms. The predicted molar refractivity (Wildman–Crippen MR) is 90.7 cm³/mol. The van der Waals surface area contributed by atoms with Gasteiger partial charge in [0, 0.05) is 31.1 Å². The normalized spacial score (nSPS) is 17.9. The van der Waals surface area contributed by atoms with E-state index >= 15 is 0 Å². The third kappa shape index (κ3) is 3.05. The van der Waals surface area contributed by atoms with Crippen molar-refractivity contribution in [2.45, 2.75) is 25.7 Å². The molecule has 1 saturated heterocycles. The minimum Gasteiger partial charge on any atom is -0.491 e. The average molecular weight is 311 g/mol. The molecule has 2 aliphatic rings. The number of hydrogen-bond donors (Lipinski definition) is 0. The zero-order valence-electron chi connectivity index (χ0n) is 13.3. The van der Waals surface area contributed by atoms with Crippen LogP contribution in [0.5, 0.6) is 5.75 Å². The second-order valence-corrected chi connectivity index (χ2v) is 6.63. The molecule has 0 saturated carbocycles. The Morgan fingerprint density at radius 3 is 2.65 bits per heavy atom. The Morgan fingerprint density at radius 1 is 1.09 bits per heavy atom. The van der Waals surface area contributed by atoms with Gasteiger partial charge in [0.1, 0.15) is 11.6 Å². The van der Waals surface area contributed by atoms with Crippen LogP contribution >= 0.6 is 0 Å². The molecule has 0 unspecified atom stereocenters. The van der Waals surface area contributed by atoms with E-state index in [4.69, 9.17) is 4.74 Å². The van der Waals surface area contributed by atoms with Gasteiger partial charge in [-0.1, -0.05) is 30.3 Å². The fourth-order valence-corrected chi connectivity index (χ4v) is 3.81. The fraction of sp³-hybridized carbons (Fsp3) is 0.400. The summed E-state index contributed by atoms with van der Waals surface area (Å²) < 4.78 is 19.6. The maximum Gasteiger partial charge on any atom is 0.146 e. The van der Waals surface area contributed by atoms with Crippen LogP contribution in [0.1, 0.15) is 24.0 Å². The Balaban J connectivity index is 1.44. The Kier molecular flexibility index (Phi) is 3.94. The SMILES string of the molecule is Fc1cc2c(c(N3CCC(Cc4ccccc4)CC3)c1)OCC2. The van der Waals surface area contributed by atoms with E-state index < -0.39 is 0 Å². The van der Waals surface area contributed by atoms with E-state index in [0.717, 1.165) is 61.7 Å². The van der Waals surface area contributed by atoms with Gasteiger partial charge in [0.15, 0.2) is 0 Å². The molecule has 1 fully saturated rings. The van der Waals surface area contributed by atoms with E-state index in [-0.39, 0.29) is 5.82 Å². The number of benzene rings is 2. The number of hydrogen-bond acceptors (Lipinski definition) is 2. The van der Waals surface area contributed by atoms with Crippen molar-refractivity contribution < 1.29 is 9.13 Å². The van der Waals surface area contributed by atoms with Crippen LogP contribution in [0, 0.1) is 11.7 Å². The molecule has 2 heterocycles. The molecule has 2 aromatic carbocycles. The first kappa shape index (κ1) is 14.6.